The molecule has 0 atom stereocenters. The molecule has 0 spiro atoms. The van der Waals surface area contributed by atoms with E-state index >= 15 is 0 Å². The van der Waals surface area contributed by atoms with E-state index in [4.69, 9.17) is 9.72 Å². The van der Waals surface area contributed by atoms with Crippen LogP contribution in [0.1, 0.15) is 0 Å². The summed E-state index contributed by atoms with van der Waals surface area (Å²) in [4.78, 5) is 6.83. The molecule has 4 heteroatoms. The highest BCUT2D eigenvalue weighted by Crippen LogP contribution is 2.30. The van der Waals surface area contributed by atoms with Gasteiger partial charge in [0.05, 0.1) is 24.9 Å². The van der Waals surface area contributed by atoms with Gasteiger partial charge in [-0.25, -0.2) is 4.98 Å². The molecule has 0 aliphatic rings. The van der Waals surface area contributed by atoms with E-state index < -0.39 is 0 Å². The summed E-state index contributed by atoms with van der Waals surface area (Å²) in [5.74, 6) is 0.826. The number of ether oxygens (including phenoxy) is 1. The van der Waals surface area contributed by atoms with Crippen LogP contribution in [-0.4, -0.2) is 37.4 Å². The SMILES string of the molecule is COc1ccc(-c2cc(N(C)CCO)c3ccccc3n2)cc1. The first-order valence-electron chi connectivity index (χ1n) is 7.59. The Morgan fingerprint density at radius 1 is 1.09 bits per heavy atom. The molecule has 118 valence electrons. The molecule has 0 unspecified atom stereocenters. The van der Waals surface area contributed by atoms with Gasteiger partial charge in [0.1, 0.15) is 5.75 Å². The van der Waals surface area contributed by atoms with Crippen LogP contribution in [0, 0.1) is 0 Å². The molecule has 3 aromatic rings. The number of aliphatic hydroxyl groups excluding tert-OH is 1. The number of nitrogens with zero attached hydrogens (tertiary/aromatic N) is 2. The third kappa shape index (κ3) is 3.12. The summed E-state index contributed by atoms with van der Waals surface area (Å²) in [6, 6.07) is 18.0. The van der Waals surface area contributed by atoms with Crippen LogP contribution in [0.25, 0.3) is 22.2 Å². The molecule has 1 N–H and O–H groups in total. The van der Waals surface area contributed by atoms with E-state index in [1.165, 1.54) is 0 Å². The third-order valence-electron chi connectivity index (χ3n) is 3.93. The van der Waals surface area contributed by atoms with Crippen molar-refractivity contribution >= 4 is 16.6 Å². The normalized spacial score (nSPS) is 10.7. The van der Waals surface area contributed by atoms with Crippen molar-refractivity contribution in [3.63, 3.8) is 0 Å². The highest BCUT2D eigenvalue weighted by atomic mass is 16.5. The van der Waals surface area contributed by atoms with Gasteiger partial charge in [-0.15, -0.1) is 0 Å². The van der Waals surface area contributed by atoms with Gasteiger partial charge in [-0.3, -0.25) is 0 Å². The molecule has 1 aromatic heterocycles. The van der Waals surface area contributed by atoms with Crippen molar-refractivity contribution in [1.82, 2.24) is 4.98 Å². The minimum Gasteiger partial charge on any atom is -0.497 e. The van der Waals surface area contributed by atoms with E-state index in [9.17, 15) is 5.11 Å². The third-order valence-corrected chi connectivity index (χ3v) is 3.93. The maximum absolute atomic E-state index is 9.24. The van der Waals surface area contributed by atoms with Gasteiger partial charge >= 0.3 is 0 Å². The van der Waals surface area contributed by atoms with Gasteiger partial charge < -0.3 is 14.7 Å². The molecule has 0 bridgehead atoms. The molecule has 2 aromatic carbocycles. The molecule has 4 nitrogen and oxygen atoms in total. The Balaban J connectivity index is 2.13. The van der Waals surface area contributed by atoms with Crippen molar-refractivity contribution in [2.45, 2.75) is 0 Å². The molecule has 0 saturated carbocycles. The molecule has 3 rings (SSSR count). The minimum absolute atomic E-state index is 0.116. The van der Waals surface area contributed by atoms with Crippen LogP contribution in [0.5, 0.6) is 5.75 Å². The summed E-state index contributed by atoms with van der Waals surface area (Å²) in [6.45, 7) is 0.696. The van der Waals surface area contributed by atoms with E-state index in [-0.39, 0.29) is 6.61 Å². The zero-order chi connectivity index (χ0) is 16.2. The molecule has 0 aliphatic carbocycles. The number of anilines is 1. The van der Waals surface area contributed by atoms with Gasteiger partial charge in [0.2, 0.25) is 0 Å². The highest BCUT2D eigenvalue weighted by Gasteiger charge is 2.10. The second-order valence-electron chi connectivity index (χ2n) is 5.42. The minimum atomic E-state index is 0.116. The predicted octanol–water partition coefficient (Wildman–Crippen LogP) is 3.34. The molecule has 0 saturated heterocycles. The lowest BCUT2D eigenvalue weighted by molar-refractivity contribution is 0.304. The lowest BCUT2D eigenvalue weighted by Gasteiger charge is -2.21. The van der Waals surface area contributed by atoms with Crippen LogP contribution in [0.3, 0.4) is 0 Å². The second kappa shape index (κ2) is 6.67. The predicted molar refractivity (Wildman–Crippen MR) is 94.1 cm³/mol. The zero-order valence-corrected chi connectivity index (χ0v) is 13.4. The fourth-order valence-corrected chi connectivity index (χ4v) is 2.65. The lowest BCUT2D eigenvalue weighted by Crippen LogP contribution is -2.21. The Morgan fingerprint density at radius 3 is 2.52 bits per heavy atom. The summed E-state index contributed by atoms with van der Waals surface area (Å²) in [7, 11) is 3.64. The number of hydrogen-bond donors (Lipinski definition) is 1. The van der Waals surface area contributed by atoms with Crippen molar-refractivity contribution in [3.8, 4) is 17.0 Å². The quantitative estimate of drug-likeness (QED) is 0.785. The number of aromatic nitrogens is 1. The van der Waals surface area contributed by atoms with Crippen molar-refractivity contribution in [3.05, 3.63) is 54.6 Å². The summed E-state index contributed by atoms with van der Waals surface area (Å²) < 4.78 is 5.21. The number of methoxy groups -OCH3 is 1. The average molecular weight is 308 g/mol. The van der Waals surface area contributed by atoms with Gasteiger partial charge in [0.15, 0.2) is 0 Å². The van der Waals surface area contributed by atoms with Crippen LogP contribution in [-0.2, 0) is 0 Å². The summed E-state index contributed by atoms with van der Waals surface area (Å²) in [6.07, 6.45) is 0. The Morgan fingerprint density at radius 2 is 1.83 bits per heavy atom. The van der Waals surface area contributed by atoms with Gasteiger partial charge in [-0.05, 0) is 36.4 Å². The van der Waals surface area contributed by atoms with Gasteiger partial charge in [-0.1, -0.05) is 18.2 Å². The van der Waals surface area contributed by atoms with Crippen LogP contribution in [0.15, 0.2) is 54.6 Å². The highest BCUT2D eigenvalue weighted by molar-refractivity contribution is 5.94. The average Bonchev–Trinajstić information content (AvgIpc) is 2.61. The number of pyridine rings is 1. The van der Waals surface area contributed by atoms with E-state index in [1.807, 2.05) is 49.5 Å². The van der Waals surface area contributed by atoms with E-state index in [1.54, 1.807) is 7.11 Å². The first-order chi connectivity index (χ1) is 11.2. The molecule has 23 heavy (non-hydrogen) atoms. The van der Waals surface area contributed by atoms with Crippen molar-refractivity contribution in [1.29, 1.82) is 0 Å². The van der Waals surface area contributed by atoms with Crippen molar-refractivity contribution in [2.24, 2.45) is 0 Å². The van der Waals surface area contributed by atoms with Crippen molar-refractivity contribution in [2.75, 3.05) is 32.2 Å². The largest absolute Gasteiger partial charge is 0.497 e. The number of benzene rings is 2. The molecule has 0 radical (unpaired) electrons. The molecular formula is C19H20N2O2. The maximum atomic E-state index is 9.24. The number of likely N-dealkylation sites (N-methyl/N-ethyl adjacent to an activating group) is 1. The Bertz CT molecular complexity index is 800. The fraction of sp³-hybridized carbons (Fsp3) is 0.211. The van der Waals surface area contributed by atoms with Crippen LogP contribution in [0.4, 0.5) is 5.69 Å². The molecule has 0 aliphatic heterocycles. The maximum Gasteiger partial charge on any atom is 0.118 e. The lowest BCUT2D eigenvalue weighted by atomic mass is 10.1. The summed E-state index contributed by atoms with van der Waals surface area (Å²) in [5, 5.41) is 10.3. The number of aliphatic hydroxyl groups is 1. The smallest absolute Gasteiger partial charge is 0.118 e. The van der Waals surface area contributed by atoms with Gasteiger partial charge in [0.25, 0.3) is 0 Å². The summed E-state index contributed by atoms with van der Waals surface area (Å²) >= 11 is 0. The van der Waals surface area contributed by atoms with E-state index in [0.717, 1.165) is 33.6 Å². The number of para-hydroxylation sites is 1. The molecule has 1 heterocycles. The molecule has 0 amide bonds. The van der Waals surface area contributed by atoms with Gasteiger partial charge in [-0.2, -0.15) is 0 Å². The van der Waals surface area contributed by atoms with E-state index in [0.29, 0.717) is 6.54 Å². The Kier molecular flexibility index (Phi) is 4.44. The van der Waals surface area contributed by atoms with Crippen LogP contribution < -0.4 is 9.64 Å². The zero-order valence-electron chi connectivity index (χ0n) is 13.4. The molecule has 0 fully saturated rings. The standard InChI is InChI=1S/C19H20N2O2/c1-21(11-12-22)19-13-18(14-7-9-15(23-2)10-8-14)20-17-6-4-3-5-16(17)19/h3-10,13,22H,11-12H2,1-2H3. The van der Waals surface area contributed by atoms with Crippen LogP contribution in [0.2, 0.25) is 0 Å². The Labute approximate surface area is 136 Å². The van der Waals surface area contributed by atoms with Crippen LogP contribution >= 0.6 is 0 Å². The number of fused-ring (bicyclic) bond motifs is 1. The summed E-state index contributed by atoms with van der Waals surface area (Å²) in [5.41, 5.74) is 3.96. The van der Waals surface area contributed by atoms with E-state index in [2.05, 4.69) is 17.0 Å². The first-order valence-corrected chi connectivity index (χ1v) is 7.59. The first kappa shape index (κ1) is 15.3. The number of hydrogen-bond acceptors (Lipinski definition) is 4. The fourth-order valence-electron chi connectivity index (χ4n) is 2.65. The molecular weight excluding hydrogens is 288 g/mol. The monoisotopic (exact) mass is 308 g/mol. The topological polar surface area (TPSA) is 45.6 Å². The van der Waals surface area contributed by atoms with Gasteiger partial charge in [0, 0.05) is 30.2 Å². The van der Waals surface area contributed by atoms with Crippen molar-refractivity contribution < 1.29 is 9.84 Å². The second-order valence-corrected chi connectivity index (χ2v) is 5.42. The Hall–Kier alpha value is -2.59. The number of rotatable bonds is 5.